The van der Waals surface area contributed by atoms with Crippen molar-refractivity contribution in [1.82, 2.24) is 25.1 Å². The minimum atomic E-state index is -0.0481. The molecule has 100 valence electrons. The van der Waals surface area contributed by atoms with E-state index < -0.39 is 0 Å². The fourth-order valence-electron chi connectivity index (χ4n) is 2.48. The van der Waals surface area contributed by atoms with Crippen LogP contribution < -0.4 is 0 Å². The average Bonchev–Trinajstić information content (AvgIpc) is 3.09. The topological polar surface area (TPSA) is 77.7 Å². The van der Waals surface area contributed by atoms with Crippen LogP contribution in [-0.2, 0) is 0 Å². The van der Waals surface area contributed by atoms with Gasteiger partial charge in [0.15, 0.2) is 0 Å². The third-order valence-electron chi connectivity index (χ3n) is 3.39. The number of nitrogens with zero attached hydrogens (tertiary/aromatic N) is 3. The van der Waals surface area contributed by atoms with E-state index in [1.807, 2.05) is 4.90 Å². The average molecular weight is 280 g/mol. The summed E-state index contributed by atoms with van der Waals surface area (Å²) in [7, 11) is 0. The molecule has 2 aromatic heterocycles. The van der Waals surface area contributed by atoms with E-state index in [-0.39, 0.29) is 11.9 Å². The summed E-state index contributed by atoms with van der Waals surface area (Å²) in [6.07, 6.45) is 6.07. The van der Waals surface area contributed by atoms with Crippen LogP contribution in [0.4, 0.5) is 0 Å². The Hall–Kier alpha value is -1.82. The molecule has 0 bridgehead atoms. The Morgan fingerprint density at radius 2 is 2.37 bits per heavy atom. The summed E-state index contributed by atoms with van der Waals surface area (Å²) < 4.78 is 0. The lowest BCUT2D eigenvalue weighted by Gasteiger charge is -2.34. The number of H-pyrrole nitrogens is 2. The van der Waals surface area contributed by atoms with Crippen molar-refractivity contribution in [3.05, 3.63) is 35.1 Å². The predicted molar refractivity (Wildman–Crippen MR) is 69.8 cm³/mol. The van der Waals surface area contributed by atoms with Crippen LogP contribution in [0.5, 0.6) is 0 Å². The third-order valence-corrected chi connectivity index (χ3v) is 3.61. The van der Waals surface area contributed by atoms with E-state index >= 15 is 0 Å². The fraction of sp³-hybridized carbons (Fsp3) is 0.417. The number of carbonyl (C=O) groups is 1. The first-order valence-corrected chi connectivity index (χ1v) is 6.63. The molecule has 2 aromatic rings. The second-order valence-electron chi connectivity index (χ2n) is 4.61. The second-order valence-corrected chi connectivity index (χ2v) is 5.05. The fourth-order valence-corrected chi connectivity index (χ4v) is 2.64. The van der Waals surface area contributed by atoms with Gasteiger partial charge in [0.2, 0.25) is 0 Å². The highest BCUT2D eigenvalue weighted by molar-refractivity contribution is 6.30. The van der Waals surface area contributed by atoms with E-state index in [2.05, 4.69) is 20.2 Å². The summed E-state index contributed by atoms with van der Waals surface area (Å²) in [4.78, 5) is 21.4. The van der Waals surface area contributed by atoms with Crippen LogP contribution >= 0.6 is 11.6 Å². The van der Waals surface area contributed by atoms with Crippen molar-refractivity contribution in [2.75, 3.05) is 6.54 Å². The molecule has 0 saturated carbocycles. The second kappa shape index (κ2) is 5.05. The lowest BCUT2D eigenvalue weighted by atomic mass is 10.0. The largest absolute Gasteiger partial charge is 0.356 e. The molecule has 0 aromatic carbocycles. The number of hydrogen-bond acceptors (Lipinski definition) is 3. The molecule has 1 amide bonds. The van der Waals surface area contributed by atoms with E-state index in [0.29, 0.717) is 10.7 Å². The number of hydrogen-bond donors (Lipinski definition) is 2. The number of rotatable bonds is 2. The number of halogens is 1. The standard InChI is InChI=1S/C12H14ClN5O/c13-8-5-9(14-6-8)12(19)18-4-2-1-3-10(18)11-15-7-16-17-11/h5-7,10,14H,1-4H2,(H,15,16,17)/t10-/m0/s1. The molecule has 0 radical (unpaired) electrons. The molecule has 1 fully saturated rings. The van der Waals surface area contributed by atoms with Crippen LogP contribution in [-0.4, -0.2) is 37.5 Å². The summed E-state index contributed by atoms with van der Waals surface area (Å²) in [6, 6.07) is 1.61. The van der Waals surface area contributed by atoms with Gasteiger partial charge in [0, 0.05) is 12.7 Å². The summed E-state index contributed by atoms with van der Waals surface area (Å²) in [5.74, 6) is 0.693. The van der Waals surface area contributed by atoms with Crippen molar-refractivity contribution >= 4 is 17.5 Å². The zero-order valence-corrected chi connectivity index (χ0v) is 11.0. The molecule has 19 heavy (non-hydrogen) atoms. The van der Waals surface area contributed by atoms with Crippen LogP contribution in [0.25, 0.3) is 0 Å². The first-order chi connectivity index (χ1) is 9.25. The van der Waals surface area contributed by atoms with Crippen molar-refractivity contribution in [3.8, 4) is 0 Å². The molecule has 1 aliphatic rings. The Kier molecular flexibility index (Phi) is 3.25. The van der Waals surface area contributed by atoms with Crippen molar-refractivity contribution in [3.63, 3.8) is 0 Å². The number of aromatic nitrogens is 4. The summed E-state index contributed by atoms with van der Waals surface area (Å²) in [5, 5.41) is 7.26. The lowest BCUT2D eigenvalue weighted by Crippen LogP contribution is -2.39. The molecular formula is C12H14ClN5O. The van der Waals surface area contributed by atoms with E-state index in [0.717, 1.165) is 31.6 Å². The van der Waals surface area contributed by atoms with Gasteiger partial charge in [-0.3, -0.25) is 9.89 Å². The van der Waals surface area contributed by atoms with Crippen LogP contribution in [0.3, 0.4) is 0 Å². The molecular weight excluding hydrogens is 266 g/mol. The smallest absolute Gasteiger partial charge is 0.270 e. The van der Waals surface area contributed by atoms with Crippen LogP contribution in [0.15, 0.2) is 18.6 Å². The molecule has 3 heterocycles. The Bertz CT molecular complexity index is 564. The molecule has 1 aliphatic heterocycles. The molecule has 0 spiro atoms. The molecule has 0 unspecified atom stereocenters. The summed E-state index contributed by atoms with van der Waals surface area (Å²) in [5.41, 5.74) is 0.511. The van der Waals surface area contributed by atoms with Gasteiger partial charge in [0.05, 0.1) is 11.1 Å². The molecule has 3 rings (SSSR count). The Morgan fingerprint density at radius 1 is 1.47 bits per heavy atom. The molecule has 2 N–H and O–H groups in total. The quantitative estimate of drug-likeness (QED) is 0.884. The van der Waals surface area contributed by atoms with Crippen molar-refractivity contribution in [2.24, 2.45) is 0 Å². The van der Waals surface area contributed by atoms with E-state index in [9.17, 15) is 4.79 Å². The van der Waals surface area contributed by atoms with Gasteiger partial charge in [-0.1, -0.05) is 11.6 Å². The predicted octanol–water partition coefficient (Wildman–Crippen LogP) is 2.15. The van der Waals surface area contributed by atoms with Crippen molar-refractivity contribution < 1.29 is 4.79 Å². The van der Waals surface area contributed by atoms with Crippen molar-refractivity contribution in [2.45, 2.75) is 25.3 Å². The molecule has 6 nitrogen and oxygen atoms in total. The minimum Gasteiger partial charge on any atom is -0.356 e. The number of amides is 1. The number of aromatic amines is 2. The van der Waals surface area contributed by atoms with Gasteiger partial charge >= 0.3 is 0 Å². The Morgan fingerprint density at radius 3 is 3.05 bits per heavy atom. The van der Waals surface area contributed by atoms with Crippen LogP contribution in [0.2, 0.25) is 5.02 Å². The van der Waals surface area contributed by atoms with Crippen LogP contribution in [0, 0.1) is 0 Å². The lowest BCUT2D eigenvalue weighted by molar-refractivity contribution is 0.0595. The highest BCUT2D eigenvalue weighted by Gasteiger charge is 2.31. The van der Waals surface area contributed by atoms with Gasteiger partial charge in [-0.15, -0.1) is 0 Å². The monoisotopic (exact) mass is 279 g/mol. The summed E-state index contributed by atoms with van der Waals surface area (Å²) in [6.45, 7) is 0.723. The van der Waals surface area contributed by atoms with E-state index in [1.165, 1.54) is 6.33 Å². The Labute approximate surface area is 115 Å². The molecule has 0 aliphatic carbocycles. The van der Waals surface area contributed by atoms with Gasteiger partial charge in [-0.05, 0) is 25.3 Å². The normalized spacial score (nSPS) is 19.6. The van der Waals surface area contributed by atoms with Crippen LogP contribution in [0.1, 0.15) is 41.6 Å². The number of carbonyl (C=O) groups excluding carboxylic acids is 1. The van der Waals surface area contributed by atoms with E-state index in [1.54, 1.807) is 12.3 Å². The molecule has 7 heteroatoms. The van der Waals surface area contributed by atoms with Crippen molar-refractivity contribution in [1.29, 1.82) is 0 Å². The van der Waals surface area contributed by atoms with Gasteiger partial charge in [0.25, 0.3) is 5.91 Å². The highest BCUT2D eigenvalue weighted by atomic mass is 35.5. The van der Waals surface area contributed by atoms with Gasteiger partial charge in [0.1, 0.15) is 17.8 Å². The minimum absolute atomic E-state index is 0.0363. The van der Waals surface area contributed by atoms with Gasteiger partial charge in [-0.25, -0.2) is 4.98 Å². The first-order valence-electron chi connectivity index (χ1n) is 6.26. The Balaban J connectivity index is 1.86. The molecule has 1 saturated heterocycles. The summed E-state index contributed by atoms with van der Waals surface area (Å²) >= 11 is 5.85. The SMILES string of the molecule is O=C(c1cc(Cl)c[nH]1)N1CCCC[C@H]1c1ncn[nH]1. The number of nitrogens with one attached hydrogen (secondary N) is 2. The third kappa shape index (κ3) is 2.35. The zero-order chi connectivity index (χ0) is 13.2. The van der Waals surface area contributed by atoms with E-state index in [4.69, 9.17) is 11.6 Å². The number of piperidine rings is 1. The van der Waals surface area contributed by atoms with Gasteiger partial charge < -0.3 is 9.88 Å². The highest BCUT2D eigenvalue weighted by Crippen LogP contribution is 2.30. The molecule has 1 atom stereocenters. The first kappa shape index (κ1) is 12.2. The van der Waals surface area contributed by atoms with Gasteiger partial charge in [-0.2, -0.15) is 5.10 Å². The maximum absolute atomic E-state index is 12.5. The zero-order valence-electron chi connectivity index (χ0n) is 10.3. The number of likely N-dealkylation sites (tertiary alicyclic amines) is 1. The maximum atomic E-state index is 12.5. The maximum Gasteiger partial charge on any atom is 0.270 e.